The van der Waals surface area contributed by atoms with Gasteiger partial charge in [0, 0.05) is 44.8 Å². The highest BCUT2D eigenvalue weighted by atomic mass is 16.7. The van der Waals surface area contributed by atoms with E-state index in [1.807, 2.05) is 0 Å². The normalized spacial score (nSPS) is 31.0. The quantitative estimate of drug-likeness (QED) is 0.416. The van der Waals surface area contributed by atoms with Crippen LogP contribution in [0.3, 0.4) is 0 Å². The monoisotopic (exact) mass is 386 g/mol. The molecule has 156 valence electrons. The Kier molecular flexibility index (Phi) is 9.51. The van der Waals surface area contributed by atoms with Crippen LogP contribution < -0.4 is 0 Å². The average molecular weight is 386 g/mol. The summed E-state index contributed by atoms with van der Waals surface area (Å²) < 4.78 is 17.3. The number of hydrogen-bond acceptors (Lipinski definition) is 6. The van der Waals surface area contributed by atoms with Crippen molar-refractivity contribution in [2.24, 2.45) is 11.8 Å². The number of carbonyl (C=O) groups is 2. The Hall–Kier alpha value is -1.18. The lowest BCUT2D eigenvalue weighted by Crippen LogP contribution is -2.33. The molecule has 0 aromatic carbocycles. The van der Waals surface area contributed by atoms with E-state index < -0.39 is 5.97 Å². The summed E-state index contributed by atoms with van der Waals surface area (Å²) in [4.78, 5) is 22.1. The molecule has 0 radical (unpaired) electrons. The van der Waals surface area contributed by atoms with Crippen molar-refractivity contribution in [3.63, 3.8) is 0 Å². The number of aliphatic carboxylic acids is 1. The van der Waals surface area contributed by atoms with Crippen LogP contribution in [-0.4, -0.2) is 53.9 Å². The number of carbonyl (C=O) groups excluding carboxylic acids is 1. The van der Waals surface area contributed by atoms with E-state index in [1.165, 1.54) is 6.92 Å². The zero-order chi connectivity index (χ0) is 19.6. The Balaban J connectivity index is 1.87. The highest BCUT2D eigenvalue weighted by Gasteiger charge is 2.45. The topological polar surface area (TPSA) is 102 Å². The third kappa shape index (κ3) is 7.39. The maximum atomic E-state index is 11.5. The molecule has 1 aliphatic carbocycles. The number of hydrogen-bond donors (Lipinski definition) is 2. The molecule has 1 saturated heterocycles. The zero-order valence-electron chi connectivity index (χ0n) is 16.3. The molecule has 1 saturated carbocycles. The van der Waals surface area contributed by atoms with E-state index in [2.05, 4.69) is 0 Å². The molecular weight excluding hydrogens is 352 g/mol. The Morgan fingerprint density at radius 2 is 1.85 bits per heavy atom. The number of ether oxygens (including phenoxy) is 3. The van der Waals surface area contributed by atoms with Crippen LogP contribution in [0.2, 0.25) is 0 Å². The molecule has 2 rings (SSSR count). The van der Waals surface area contributed by atoms with Gasteiger partial charge in [0.15, 0.2) is 6.29 Å². The number of carboxylic acids is 1. The zero-order valence-corrected chi connectivity index (χ0v) is 16.3. The Bertz CT molecular complexity index is 461. The average Bonchev–Trinajstić information content (AvgIpc) is 2.94. The van der Waals surface area contributed by atoms with Crippen LogP contribution in [0.15, 0.2) is 0 Å². The number of aliphatic hydroxyl groups excluding tert-OH is 1. The van der Waals surface area contributed by atoms with Gasteiger partial charge in [-0.2, -0.15) is 0 Å². The van der Waals surface area contributed by atoms with Gasteiger partial charge >= 0.3 is 11.9 Å². The maximum absolute atomic E-state index is 11.5. The molecule has 27 heavy (non-hydrogen) atoms. The van der Waals surface area contributed by atoms with E-state index in [-0.39, 0.29) is 49.3 Å². The molecule has 0 amide bonds. The number of aliphatic hydroxyl groups is 1. The lowest BCUT2D eigenvalue weighted by atomic mass is 9.89. The van der Waals surface area contributed by atoms with E-state index >= 15 is 0 Å². The van der Waals surface area contributed by atoms with Gasteiger partial charge in [-0.1, -0.05) is 19.3 Å². The summed E-state index contributed by atoms with van der Waals surface area (Å²) in [5, 5.41) is 18.7. The van der Waals surface area contributed by atoms with Crippen molar-refractivity contribution in [1.82, 2.24) is 0 Å². The van der Waals surface area contributed by atoms with Crippen LogP contribution >= 0.6 is 0 Å². The van der Waals surface area contributed by atoms with Crippen molar-refractivity contribution in [3.05, 3.63) is 0 Å². The van der Waals surface area contributed by atoms with E-state index in [1.54, 1.807) is 0 Å². The fraction of sp³-hybridized carbons (Fsp3) is 0.900. The molecule has 2 fully saturated rings. The Morgan fingerprint density at radius 1 is 1.07 bits per heavy atom. The van der Waals surface area contributed by atoms with E-state index in [0.29, 0.717) is 19.4 Å². The molecule has 1 heterocycles. The van der Waals surface area contributed by atoms with Gasteiger partial charge in [0.05, 0.1) is 6.10 Å². The van der Waals surface area contributed by atoms with Gasteiger partial charge in [-0.25, -0.2) is 0 Å². The Morgan fingerprint density at radius 3 is 2.48 bits per heavy atom. The van der Waals surface area contributed by atoms with Gasteiger partial charge in [-0.05, 0) is 32.1 Å². The minimum Gasteiger partial charge on any atom is -0.481 e. The predicted molar refractivity (Wildman–Crippen MR) is 98.0 cm³/mol. The molecule has 7 heteroatoms. The maximum Gasteiger partial charge on any atom is 0.303 e. The highest BCUT2D eigenvalue weighted by Crippen LogP contribution is 2.40. The highest BCUT2D eigenvalue weighted by molar-refractivity contribution is 5.66. The largest absolute Gasteiger partial charge is 0.481 e. The van der Waals surface area contributed by atoms with Gasteiger partial charge in [0.1, 0.15) is 6.10 Å². The Labute approximate surface area is 161 Å². The minimum atomic E-state index is -0.758. The second-order valence-electron chi connectivity index (χ2n) is 7.71. The van der Waals surface area contributed by atoms with Crippen LogP contribution in [-0.2, 0) is 23.8 Å². The molecule has 1 aliphatic heterocycles. The lowest BCUT2D eigenvalue weighted by molar-refractivity contribution is -0.198. The van der Waals surface area contributed by atoms with Crippen molar-refractivity contribution < 1.29 is 34.0 Å². The first-order chi connectivity index (χ1) is 13.0. The summed E-state index contributed by atoms with van der Waals surface area (Å²) in [6, 6.07) is 0. The third-order valence-electron chi connectivity index (χ3n) is 5.64. The van der Waals surface area contributed by atoms with Gasteiger partial charge in [-0.15, -0.1) is 0 Å². The first kappa shape index (κ1) is 22.1. The minimum absolute atomic E-state index is 0.00116. The summed E-state index contributed by atoms with van der Waals surface area (Å²) in [5.41, 5.74) is 0. The number of carboxylic acid groups (broad SMARTS) is 1. The summed E-state index contributed by atoms with van der Waals surface area (Å²) in [7, 11) is 0. The summed E-state index contributed by atoms with van der Waals surface area (Å²) in [6.45, 7) is 2.11. The molecule has 2 N–H and O–H groups in total. The first-order valence-electron chi connectivity index (χ1n) is 10.3. The van der Waals surface area contributed by atoms with Crippen molar-refractivity contribution >= 4 is 11.9 Å². The molecule has 0 spiro atoms. The van der Waals surface area contributed by atoms with Crippen molar-refractivity contribution in [3.8, 4) is 0 Å². The van der Waals surface area contributed by atoms with Gasteiger partial charge in [-0.3, -0.25) is 9.59 Å². The molecule has 2 aliphatic rings. The molecular formula is C20H34O7. The standard InChI is InChI=1S/C20H34O7/c1-14(22)26-17-12-18(27-20-10-6-7-11-25-20)16(13-21)15(17)8-4-2-3-5-9-19(23)24/h15-18,20-21H,2-13H2,1H3,(H,23,24)/t15-,16-,17+,18-,20?/m1/s1. The van der Waals surface area contributed by atoms with Crippen molar-refractivity contribution in [1.29, 1.82) is 0 Å². The van der Waals surface area contributed by atoms with Crippen LogP contribution in [0.25, 0.3) is 0 Å². The van der Waals surface area contributed by atoms with Crippen LogP contribution in [0.1, 0.15) is 71.1 Å². The second kappa shape index (κ2) is 11.6. The van der Waals surface area contributed by atoms with Gasteiger partial charge < -0.3 is 24.4 Å². The fourth-order valence-electron chi connectivity index (χ4n) is 4.31. The van der Waals surface area contributed by atoms with Gasteiger partial charge in [0.2, 0.25) is 0 Å². The van der Waals surface area contributed by atoms with Crippen LogP contribution in [0, 0.1) is 11.8 Å². The van der Waals surface area contributed by atoms with Crippen LogP contribution in [0.5, 0.6) is 0 Å². The molecule has 0 bridgehead atoms. The molecule has 1 unspecified atom stereocenters. The van der Waals surface area contributed by atoms with Gasteiger partial charge in [0.25, 0.3) is 0 Å². The van der Waals surface area contributed by atoms with Crippen molar-refractivity contribution in [2.45, 2.75) is 89.6 Å². The molecule has 0 aromatic rings. The van der Waals surface area contributed by atoms with Crippen LogP contribution in [0.4, 0.5) is 0 Å². The smallest absolute Gasteiger partial charge is 0.303 e. The predicted octanol–water partition coefficient (Wildman–Crippen LogP) is 2.88. The van der Waals surface area contributed by atoms with Crippen molar-refractivity contribution in [2.75, 3.05) is 13.2 Å². The SMILES string of the molecule is CC(=O)O[C@H]1C[C@@H](OC2CCCCO2)[C@H](CO)[C@H]1CCCCCCC(=O)O. The third-order valence-corrected chi connectivity index (χ3v) is 5.64. The molecule has 0 aromatic heterocycles. The lowest BCUT2D eigenvalue weighted by Gasteiger charge is -2.29. The number of esters is 1. The summed E-state index contributed by atoms with van der Waals surface area (Å²) in [6.07, 6.45) is 7.39. The van der Waals surface area contributed by atoms with E-state index in [4.69, 9.17) is 19.3 Å². The molecule has 7 nitrogen and oxygen atoms in total. The number of unbranched alkanes of at least 4 members (excludes halogenated alkanes) is 3. The van der Waals surface area contributed by atoms with E-state index in [0.717, 1.165) is 44.9 Å². The first-order valence-corrected chi connectivity index (χ1v) is 10.3. The summed E-state index contributed by atoms with van der Waals surface area (Å²) >= 11 is 0. The number of rotatable bonds is 11. The summed E-state index contributed by atoms with van der Waals surface area (Å²) in [5.74, 6) is -1.07. The van der Waals surface area contributed by atoms with E-state index in [9.17, 15) is 14.7 Å². The molecule has 5 atom stereocenters. The fourth-order valence-corrected chi connectivity index (χ4v) is 4.31. The second-order valence-corrected chi connectivity index (χ2v) is 7.71.